The van der Waals surface area contributed by atoms with Gasteiger partial charge in [0.05, 0.1) is 5.56 Å². The molecule has 1 heterocycles. The van der Waals surface area contributed by atoms with Crippen LogP contribution in [0.5, 0.6) is 0 Å². The number of nitrogens with zero attached hydrogens (tertiary/aromatic N) is 2. The molecule has 1 amide bonds. The highest BCUT2D eigenvalue weighted by atomic mass is 79.9. The Morgan fingerprint density at radius 1 is 0.920 bits per heavy atom. The van der Waals surface area contributed by atoms with Crippen molar-refractivity contribution in [2.75, 3.05) is 39.3 Å². The monoisotopic (exact) mass is 401 g/mol. The molecular weight excluding hydrogens is 378 g/mol. The number of benzene rings is 2. The molecule has 2 aromatic rings. The predicted octanol–water partition coefficient (Wildman–Crippen LogP) is 3.00. The highest BCUT2D eigenvalue weighted by molar-refractivity contribution is 9.10. The van der Waals surface area contributed by atoms with E-state index in [1.807, 2.05) is 24.3 Å². The van der Waals surface area contributed by atoms with Crippen LogP contribution in [0.1, 0.15) is 15.9 Å². The van der Waals surface area contributed by atoms with Crippen LogP contribution in [0.2, 0.25) is 0 Å². The van der Waals surface area contributed by atoms with Crippen molar-refractivity contribution in [3.05, 3.63) is 70.2 Å². The van der Waals surface area contributed by atoms with E-state index in [-0.39, 0.29) is 5.91 Å². The van der Waals surface area contributed by atoms with Crippen molar-refractivity contribution in [1.29, 1.82) is 0 Å². The van der Waals surface area contributed by atoms with Crippen LogP contribution in [0.25, 0.3) is 0 Å². The van der Waals surface area contributed by atoms with Crippen molar-refractivity contribution in [1.82, 2.24) is 15.1 Å². The van der Waals surface area contributed by atoms with Crippen molar-refractivity contribution >= 4 is 21.8 Å². The van der Waals surface area contributed by atoms with Crippen LogP contribution in [0.4, 0.5) is 0 Å². The summed E-state index contributed by atoms with van der Waals surface area (Å²) in [5.74, 6) is -0.0183. The summed E-state index contributed by atoms with van der Waals surface area (Å²) in [5.41, 5.74) is 2.06. The first-order chi connectivity index (χ1) is 12.2. The first-order valence-electron chi connectivity index (χ1n) is 8.74. The van der Waals surface area contributed by atoms with Crippen molar-refractivity contribution in [3.8, 4) is 0 Å². The van der Waals surface area contributed by atoms with Gasteiger partial charge in [0.1, 0.15) is 0 Å². The molecule has 0 bridgehead atoms. The van der Waals surface area contributed by atoms with Gasteiger partial charge in [-0.25, -0.2) is 0 Å². The quantitative estimate of drug-likeness (QED) is 0.807. The van der Waals surface area contributed by atoms with Gasteiger partial charge in [0.2, 0.25) is 0 Å². The molecule has 0 aromatic heterocycles. The zero-order chi connectivity index (χ0) is 17.5. The first-order valence-corrected chi connectivity index (χ1v) is 9.53. The fraction of sp³-hybridized carbons (Fsp3) is 0.350. The third-order valence-corrected chi connectivity index (χ3v) is 5.24. The number of nitrogens with one attached hydrogen (secondary N) is 1. The molecule has 1 fully saturated rings. The zero-order valence-electron chi connectivity index (χ0n) is 14.3. The van der Waals surface area contributed by atoms with E-state index < -0.39 is 0 Å². The maximum atomic E-state index is 12.2. The summed E-state index contributed by atoms with van der Waals surface area (Å²) in [6.07, 6.45) is 0. The van der Waals surface area contributed by atoms with Crippen LogP contribution in [0.3, 0.4) is 0 Å². The average molecular weight is 402 g/mol. The van der Waals surface area contributed by atoms with Gasteiger partial charge in [0.15, 0.2) is 0 Å². The van der Waals surface area contributed by atoms with Gasteiger partial charge < -0.3 is 5.32 Å². The molecule has 0 radical (unpaired) electrons. The van der Waals surface area contributed by atoms with Crippen LogP contribution < -0.4 is 5.32 Å². The molecule has 1 aliphatic rings. The van der Waals surface area contributed by atoms with E-state index in [1.165, 1.54) is 5.56 Å². The molecular formula is C20H24BrN3O. The van der Waals surface area contributed by atoms with Gasteiger partial charge in [0.25, 0.3) is 5.91 Å². The molecule has 0 saturated carbocycles. The van der Waals surface area contributed by atoms with Gasteiger partial charge >= 0.3 is 0 Å². The van der Waals surface area contributed by atoms with E-state index >= 15 is 0 Å². The lowest BCUT2D eigenvalue weighted by molar-refractivity contribution is 0.0933. The maximum Gasteiger partial charge on any atom is 0.252 e. The Balaban J connectivity index is 1.37. The lowest BCUT2D eigenvalue weighted by atomic mass is 10.2. The van der Waals surface area contributed by atoms with Gasteiger partial charge in [-0.1, -0.05) is 42.5 Å². The first kappa shape index (κ1) is 18.1. The lowest BCUT2D eigenvalue weighted by Gasteiger charge is -2.34. The van der Waals surface area contributed by atoms with Crippen molar-refractivity contribution in [3.63, 3.8) is 0 Å². The molecule has 1 aliphatic heterocycles. The maximum absolute atomic E-state index is 12.2. The minimum Gasteiger partial charge on any atom is -0.351 e. The fourth-order valence-electron chi connectivity index (χ4n) is 3.08. The molecule has 0 aliphatic carbocycles. The molecule has 132 valence electrons. The topological polar surface area (TPSA) is 35.6 Å². The van der Waals surface area contributed by atoms with Crippen LogP contribution in [0.15, 0.2) is 59.1 Å². The Labute approximate surface area is 158 Å². The number of hydrogen-bond acceptors (Lipinski definition) is 3. The Morgan fingerprint density at radius 2 is 1.56 bits per heavy atom. The van der Waals surface area contributed by atoms with E-state index in [9.17, 15) is 4.79 Å². The minimum absolute atomic E-state index is 0.0183. The van der Waals surface area contributed by atoms with Crippen LogP contribution in [-0.4, -0.2) is 55.0 Å². The van der Waals surface area contributed by atoms with Gasteiger partial charge in [-0.15, -0.1) is 0 Å². The predicted molar refractivity (Wildman–Crippen MR) is 105 cm³/mol. The van der Waals surface area contributed by atoms with E-state index in [4.69, 9.17) is 0 Å². The lowest BCUT2D eigenvalue weighted by Crippen LogP contribution is -2.48. The van der Waals surface area contributed by atoms with E-state index in [2.05, 4.69) is 61.4 Å². The van der Waals surface area contributed by atoms with Gasteiger partial charge in [-0.3, -0.25) is 14.6 Å². The normalized spacial score (nSPS) is 15.9. The highest BCUT2D eigenvalue weighted by Crippen LogP contribution is 2.15. The third-order valence-electron chi connectivity index (χ3n) is 4.55. The Morgan fingerprint density at radius 3 is 2.28 bits per heavy atom. The number of halogens is 1. The number of amides is 1. The van der Waals surface area contributed by atoms with Crippen molar-refractivity contribution in [2.24, 2.45) is 0 Å². The second-order valence-electron chi connectivity index (χ2n) is 6.34. The molecule has 1 saturated heterocycles. The van der Waals surface area contributed by atoms with E-state index in [0.717, 1.165) is 43.7 Å². The summed E-state index contributed by atoms with van der Waals surface area (Å²) in [5, 5.41) is 3.01. The van der Waals surface area contributed by atoms with Gasteiger partial charge in [0, 0.05) is 50.3 Å². The van der Waals surface area contributed by atoms with Gasteiger partial charge in [-0.2, -0.15) is 0 Å². The number of carbonyl (C=O) groups excluding carboxylic acids is 1. The molecule has 5 heteroatoms. The van der Waals surface area contributed by atoms with Gasteiger partial charge in [-0.05, 0) is 33.6 Å². The molecule has 0 spiro atoms. The summed E-state index contributed by atoms with van der Waals surface area (Å²) in [6.45, 7) is 6.86. The summed E-state index contributed by atoms with van der Waals surface area (Å²) in [4.78, 5) is 17.1. The molecule has 0 unspecified atom stereocenters. The molecule has 2 aromatic carbocycles. The van der Waals surface area contributed by atoms with Crippen molar-refractivity contribution < 1.29 is 4.79 Å². The number of rotatable bonds is 6. The molecule has 1 N–H and O–H groups in total. The zero-order valence-corrected chi connectivity index (χ0v) is 15.9. The second-order valence-corrected chi connectivity index (χ2v) is 7.19. The van der Waals surface area contributed by atoms with Crippen LogP contribution >= 0.6 is 15.9 Å². The molecule has 3 rings (SSSR count). The van der Waals surface area contributed by atoms with Crippen LogP contribution in [-0.2, 0) is 6.54 Å². The smallest absolute Gasteiger partial charge is 0.252 e. The SMILES string of the molecule is O=C(NCCN1CCN(Cc2ccccc2)CC1)c1ccccc1Br. The van der Waals surface area contributed by atoms with Crippen LogP contribution in [0, 0.1) is 0 Å². The van der Waals surface area contributed by atoms with E-state index in [0.29, 0.717) is 12.1 Å². The summed E-state index contributed by atoms with van der Waals surface area (Å²) in [6, 6.07) is 18.1. The Hall–Kier alpha value is -1.69. The Bertz CT molecular complexity index is 684. The largest absolute Gasteiger partial charge is 0.351 e. The highest BCUT2D eigenvalue weighted by Gasteiger charge is 2.17. The third kappa shape index (κ3) is 5.39. The van der Waals surface area contributed by atoms with E-state index in [1.54, 1.807) is 0 Å². The summed E-state index contributed by atoms with van der Waals surface area (Å²) < 4.78 is 0.835. The summed E-state index contributed by atoms with van der Waals surface area (Å²) >= 11 is 3.42. The average Bonchev–Trinajstić information content (AvgIpc) is 2.64. The number of piperazine rings is 1. The minimum atomic E-state index is -0.0183. The number of hydrogen-bond donors (Lipinski definition) is 1. The standard InChI is InChI=1S/C20H24BrN3O/c21-19-9-5-4-8-18(19)20(25)22-10-11-23-12-14-24(15-13-23)16-17-6-2-1-3-7-17/h1-9H,10-16H2,(H,22,25). The second kappa shape index (κ2) is 9.13. The summed E-state index contributed by atoms with van der Waals surface area (Å²) in [7, 11) is 0. The molecule has 25 heavy (non-hydrogen) atoms. The molecule has 0 atom stereocenters. The van der Waals surface area contributed by atoms with Crippen molar-refractivity contribution in [2.45, 2.75) is 6.54 Å². The number of carbonyl (C=O) groups is 1. The fourth-order valence-corrected chi connectivity index (χ4v) is 3.55. The Kier molecular flexibility index (Phi) is 6.62. The molecule has 4 nitrogen and oxygen atoms in total.